The Kier molecular flexibility index (Phi) is 6.06. The summed E-state index contributed by atoms with van der Waals surface area (Å²) in [4.78, 5) is 0.366. The molecule has 0 amide bonds. The molecule has 0 unspecified atom stereocenters. The molecule has 0 saturated carbocycles. The number of unbranched alkanes of at least 4 members (excludes halogenated alkanes) is 2. The Morgan fingerprint density at radius 1 is 1.05 bits per heavy atom. The molecule has 0 atom stereocenters. The number of hydrogen-bond acceptors (Lipinski definition) is 3. The Morgan fingerprint density at radius 3 is 2.33 bits per heavy atom. The molecule has 0 spiro atoms. The van der Waals surface area contributed by atoms with E-state index in [-0.39, 0.29) is 0 Å². The Morgan fingerprint density at radius 2 is 1.71 bits per heavy atom. The summed E-state index contributed by atoms with van der Waals surface area (Å²) in [5.41, 5.74) is 0. The molecule has 0 radical (unpaired) electrons. The van der Waals surface area contributed by atoms with Crippen molar-refractivity contribution in [1.82, 2.24) is 4.31 Å². The van der Waals surface area contributed by atoms with Crippen LogP contribution >= 0.6 is 0 Å². The highest BCUT2D eigenvalue weighted by Gasteiger charge is 2.25. The van der Waals surface area contributed by atoms with Crippen molar-refractivity contribution < 1.29 is 13.2 Å². The largest absolute Gasteiger partial charge is 0.494 e. The normalized spacial score (nSPS) is 16.8. The predicted octanol–water partition coefficient (Wildman–Crippen LogP) is 3.43. The molecule has 0 N–H and O–H groups in total. The van der Waals surface area contributed by atoms with Gasteiger partial charge in [-0.05, 0) is 43.5 Å². The molecular formula is C16H25NO3S. The summed E-state index contributed by atoms with van der Waals surface area (Å²) in [5.74, 6) is 0.740. The van der Waals surface area contributed by atoms with Gasteiger partial charge in [0.25, 0.3) is 0 Å². The number of piperidine rings is 1. The van der Waals surface area contributed by atoms with Gasteiger partial charge < -0.3 is 4.74 Å². The van der Waals surface area contributed by atoms with Gasteiger partial charge in [-0.3, -0.25) is 0 Å². The summed E-state index contributed by atoms with van der Waals surface area (Å²) >= 11 is 0. The molecule has 0 bridgehead atoms. The molecule has 2 rings (SSSR count). The molecule has 1 aromatic carbocycles. The van der Waals surface area contributed by atoms with Crippen LogP contribution in [0.25, 0.3) is 0 Å². The third-order valence-electron chi connectivity index (χ3n) is 3.79. The van der Waals surface area contributed by atoms with Gasteiger partial charge in [-0.1, -0.05) is 26.2 Å². The van der Waals surface area contributed by atoms with Crippen LogP contribution in [0.15, 0.2) is 29.2 Å². The van der Waals surface area contributed by atoms with Crippen LogP contribution in [-0.4, -0.2) is 32.4 Å². The molecule has 1 aromatic rings. The van der Waals surface area contributed by atoms with E-state index in [0.29, 0.717) is 24.6 Å². The maximum atomic E-state index is 12.5. The highest BCUT2D eigenvalue weighted by atomic mass is 32.2. The fraction of sp³-hybridized carbons (Fsp3) is 0.625. The van der Waals surface area contributed by atoms with E-state index in [1.807, 2.05) is 0 Å². The number of rotatable bonds is 7. The van der Waals surface area contributed by atoms with E-state index >= 15 is 0 Å². The van der Waals surface area contributed by atoms with Crippen molar-refractivity contribution >= 4 is 10.0 Å². The first-order chi connectivity index (χ1) is 10.1. The van der Waals surface area contributed by atoms with Crippen molar-refractivity contribution in [1.29, 1.82) is 0 Å². The Bertz CT molecular complexity index is 519. The van der Waals surface area contributed by atoms with Gasteiger partial charge in [-0.25, -0.2) is 8.42 Å². The van der Waals surface area contributed by atoms with Crippen LogP contribution in [0.5, 0.6) is 5.75 Å². The first-order valence-electron chi connectivity index (χ1n) is 7.87. The molecule has 5 heteroatoms. The van der Waals surface area contributed by atoms with Crippen molar-refractivity contribution in [2.45, 2.75) is 50.3 Å². The minimum atomic E-state index is -3.33. The third kappa shape index (κ3) is 4.45. The maximum absolute atomic E-state index is 12.5. The number of sulfonamides is 1. The lowest BCUT2D eigenvalue weighted by Crippen LogP contribution is -2.35. The number of benzene rings is 1. The van der Waals surface area contributed by atoms with E-state index in [4.69, 9.17) is 4.74 Å². The molecule has 118 valence electrons. The second-order valence-corrected chi connectivity index (χ2v) is 7.43. The molecule has 1 saturated heterocycles. The van der Waals surface area contributed by atoms with E-state index in [0.717, 1.165) is 44.3 Å². The van der Waals surface area contributed by atoms with Crippen LogP contribution in [0.3, 0.4) is 0 Å². The minimum absolute atomic E-state index is 0.366. The van der Waals surface area contributed by atoms with Crippen molar-refractivity contribution in [2.24, 2.45) is 0 Å². The third-order valence-corrected chi connectivity index (χ3v) is 5.71. The lowest BCUT2D eigenvalue weighted by molar-refractivity contribution is 0.306. The predicted molar refractivity (Wildman–Crippen MR) is 84.1 cm³/mol. The zero-order chi connectivity index (χ0) is 15.1. The van der Waals surface area contributed by atoms with E-state index in [9.17, 15) is 8.42 Å². The first-order valence-corrected chi connectivity index (χ1v) is 9.31. The zero-order valence-corrected chi connectivity index (χ0v) is 13.6. The average molecular weight is 311 g/mol. The average Bonchev–Trinajstić information content (AvgIpc) is 2.53. The van der Waals surface area contributed by atoms with Crippen LogP contribution in [-0.2, 0) is 10.0 Å². The van der Waals surface area contributed by atoms with Gasteiger partial charge in [0.15, 0.2) is 0 Å². The first kappa shape index (κ1) is 16.3. The van der Waals surface area contributed by atoms with Crippen molar-refractivity contribution in [3.05, 3.63) is 24.3 Å². The van der Waals surface area contributed by atoms with Crippen molar-refractivity contribution in [3.8, 4) is 5.75 Å². The monoisotopic (exact) mass is 311 g/mol. The fourth-order valence-electron chi connectivity index (χ4n) is 2.50. The molecule has 4 nitrogen and oxygen atoms in total. The molecule has 1 heterocycles. The SMILES string of the molecule is CCCCCOc1ccc(S(=O)(=O)N2CCCCC2)cc1. The summed E-state index contributed by atoms with van der Waals surface area (Å²) in [6.45, 7) is 4.11. The van der Waals surface area contributed by atoms with Crippen LogP contribution in [0, 0.1) is 0 Å². The molecular weight excluding hydrogens is 286 g/mol. The highest BCUT2D eigenvalue weighted by Crippen LogP contribution is 2.22. The minimum Gasteiger partial charge on any atom is -0.494 e. The molecule has 1 aliphatic heterocycles. The van der Waals surface area contributed by atoms with Gasteiger partial charge >= 0.3 is 0 Å². The lowest BCUT2D eigenvalue weighted by atomic mass is 10.2. The van der Waals surface area contributed by atoms with Crippen molar-refractivity contribution in [2.75, 3.05) is 19.7 Å². The summed E-state index contributed by atoms with van der Waals surface area (Å²) in [6.07, 6.45) is 6.38. The number of hydrogen-bond donors (Lipinski definition) is 0. The number of ether oxygens (including phenoxy) is 1. The van der Waals surface area contributed by atoms with Crippen LogP contribution in [0.4, 0.5) is 0 Å². The van der Waals surface area contributed by atoms with E-state index in [2.05, 4.69) is 6.92 Å². The Labute approximate surface area is 128 Å². The molecule has 0 aromatic heterocycles. The van der Waals surface area contributed by atoms with E-state index < -0.39 is 10.0 Å². The standard InChI is InChI=1S/C16H25NO3S/c1-2-3-7-14-20-15-8-10-16(11-9-15)21(18,19)17-12-5-4-6-13-17/h8-11H,2-7,12-14H2,1H3. The second-order valence-electron chi connectivity index (χ2n) is 5.49. The van der Waals surface area contributed by atoms with Gasteiger partial charge in [0.05, 0.1) is 11.5 Å². The Hall–Kier alpha value is -1.07. The van der Waals surface area contributed by atoms with Gasteiger partial charge in [0, 0.05) is 13.1 Å². The van der Waals surface area contributed by atoms with Gasteiger partial charge in [-0.2, -0.15) is 4.31 Å². The van der Waals surface area contributed by atoms with Gasteiger partial charge in [0.2, 0.25) is 10.0 Å². The van der Waals surface area contributed by atoms with Crippen LogP contribution in [0.2, 0.25) is 0 Å². The van der Waals surface area contributed by atoms with Gasteiger partial charge in [-0.15, -0.1) is 0 Å². The van der Waals surface area contributed by atoms with Crippen molar-refractivity contribution in [3.63, 3.8) is 0 Å². The highest BCUT2D eigenvalue weighted by molar-refractivity contribution is 7.89. The quantitative estimate of drug-likeness (QED) is 0.725. The fourth-order valence-corrected chi connectivity index (χ4v) is 4.02. The smallest absolute Gasteiger partial charge is 0.243 e. The Balaban J connectivity index is 1.97. The van der Waals surface area contributed by atoms with E-state index in [1.54, 1.807) is 28.6 Å². The summed E-state index contributed by atoms with van der Waals surface area (Å²) < 4.78 is 32.2. The topological polar surface area (TPSA) is 46.6 Å². The van der Waals surface area contributed by atoms with Crippen LogP contribution < -0.4 is 4.74 Å². The zero-order valence-electron chi connectivity index (χ0n) is 12.8. The second kappa shape index (κ2) is 7.80. The summed E-state index contributed by atoms with van der Waals surface area (Å²) in [7, 11) is -3.33. The molecule has 21 heavy (non-hydrogen) atoms. The summed E-state index contributed by atoms with van der Waals surface area (Å²) in [6, 6.07) is 6.81. The van der Waals surface area contributed by atoms with Gasteiger partial charge in [0.1, 0.15) is 5.75 Å². The lowest BCUT2D eigenvalue weighted by Gasteiger charge is -2.25. The molecule has 0 aliphatic carbocycles. The maximum Gasteiger partial charge on any atom is 0.243 e. The summed E-state index contributed by atoms with van der Waals surface area (Å²) in [5, 5.41) is 0. The van der Waals surface area contributed by atoms with Crippen LogP contribution in [0.1, 0.15) is 45.4 Å². The number of nitrogens with zero attached hydrogens (tertiary/aromatic N) is 1. The van der Waals surface area contributed by atoms with E-state index in [1.165, 1.54) is 0 Å². The molecule has 1 fully saturated rings. The molecule has 1 aliphatic rings.